The minimum absolute atomic E-state index is 0.0468. The lowest BCUT2D eigenvalue weighted by Gasteiger charge is -2.12. The van der Waals surface area contributed by atoms with Crippen molar-refractivity contribution in [1.82, 2.24) is 0 Å². The Morgan fingerprint density at radius 1 is 1.29 bits per heavy atom. The predicted octanol–water partition coefficient (Wildman–Crippen LogP) is 3.96. The van der Waals surface area contributed by atoms with Gasteiger partial charge in [-0.15, -0.1) is 0 Å². The zero-order chi connectivity index (χ0) is 16.2. The second-order valence-electron chi connectivity index (χ2n) is 5.50. The minimum atomic E-state index is -0.461. The average molecular weight is 287 g/mol. The van der Waals surface area contributed by atoms with Gasteiger partial charge < -0.3 is 9.84 Å². The highest BCUT2D eigenvalue weighted by Crippen LogP contribution is 2.22. The Morgan fingerprint density at radius 3 is 2.33 bits per heavy atom. The van der Waals surface area contributed by atoms with Crippen molar-refractivity contribution in [3.05, 3.63) is 40.7 Å². The molecule has 21 heavy (non-hydrogen) atoms. The van der Waals surface area contributed by atoms with Crippen LogP contribution >= 0.6 is 0 Å². The standard InChI is InChI=1S/C17H21NO3/c1-10(2)16(19)15(9-18)17(20)14-7-6-13(8-12(14)5)21-11(3)4/h6-8,10-11,19H,1-5H3/b16-15-. The lowest BCUT2D eigenvalue weighted by molar-refractivity contribution is 0.103. The van der Waals surface area contributed by atoms with E-state index in [4.69, 9.17) is 10.00 Å². The quantitative estimate of drug-likeness (QED) is 0.385. The van der Waals surface area contributed by atoms with Gasteiger partial charge in [0.2, 0.25) is 5.78 Å². The molecule has 0 spiro atoms. The van der Waals surface area contributed by atoms with Gasteiger partial charge in [-0.05, 0) is 44.5 Å². The van der Waals surface area contributed by atoms with E-state index in [9.17, 15) is 9.90 Å². The molecule has 1 aromatic carbocycles. The van der Waals surface area contributed by atoms with Crippen LogP contribution in [-0.4, -0.2) is 17.0 Å². The van der Waals surface area contributed by atoms with Gasteiger partial charge in [0.05, 0.1) is 6.10 Å². The van der Waals surface area contributed by atoms with Crippen molar-refractivity contribution in [3.63, 3.8) is 0 Å². The number of allylic oxidation sites excluding steroid dienone is 2. The van der Waals surface area contributed by atoms with Crippen LogP contribution in [-0.2, 0) is 0 Å². The molecule has 0 fully saturated rings. The van der Waals surface area contributed by atoms with Gasteiger partial charge in [-0.1, -0.05) is 13.8 Å². The highest BCUT2D eigenvalue weighted by molar-refractivity contribution is 6.12. The summed E-state index contributed by atoms with van der Waals surface area (Å²) >= 11 is 0. The molecule has 112 valence electrons. The van der Waals surface area contributed by atoms with Crippen molar-refractivity contribution >= 4 is 5.78 Å². The number of hydrogen-bond donors (Lipinski definition) is 1. The zero-order valence-corrected chi connectivity index (χ0v) is 13.1. The number of carbonyl (C=O) groups excluding carboxylic acids is 1. The van der Waals surface area contributed by atoms with Gasteiger partial charge in [0.15, 0.2) is 0 Å². The Hall–Kier alpha value is -2.28. The lowest BCUT2D eigenvalue weighted by atomic mass is 9.96. The molecule has 0 aromatic heterocycles. The van der Waals surface area contributed by atoms with Gasteiger partial charge in [-0.2, -0.15) is 5.26 Å². The van der Waals surface area contributed by atoms with E-state index in [1.54, 1.807) is 45.0 Å². The van der Waals surface area contributed by atoms with Gasteiger partial charge >= 0.3 is 0 Å². The van der Waals surface area contributed by atoms with Crippen LogP contribution in [0.5, 0.6) is 5.75 Å². The molecule has 1 rings (SSSR count). The Labute approximate surface area is 125 Å². The molecule has 0 atom stereocenters. The number of nitrogens with zero attached hydrogens (tertiary/aromatic N) is 1. The van der Waals surface area contributed by atoms with Crippen LogP contribution in [0.3, 0.4) is 0 Å². The molecule has 0 unspecified atom stereocenters. The monoisotopic (exact) mass is 287 g/mol. The molecule has 0 heterocycles. The summed E-state index contributed by atoms with van der Waals surface area (Å²) in [6.45, 7) is 9.08. The topological polar surface area (TPSA) is 70.3 Å². The number of rotatable bonds is 5. The van der Waals surface area contributed by atoms with Crippen LogP contribution in [0.2, 0.25) is 0 Å². The molecule has 4 nitrogen and oxygen atoms in total. The predicted molar refractivity (Wildman–Crippen MR) is 81.4 cm³/mol. The Bertz CT molecular complexity index is 607. The maximum Gasteiger partial charge on any atom is 0.207 e. The third-order valence-electron chi connectivity index (χ3n) is 2.96. The fraction of sp³-hybridized carbons (Fsp3) is 0.412. The summed E-state index contributed by atoms with van der Waals surface area (Å²) in [6.07, 6.45) is 0.0468. The summed E-state index contributed by atoms with van der Waals surface area (Å²) in [4.78, 5) is 12.4. The van der Waals surface area contributed by atoms with Crippen LogP contribution in [0, 0.1) is 24.2 Å². The van der Waals surface area contributed by atoms with E-state index < -0.39 is 5.78 Å². The number of carbonyl (C=O) groups is 1. The first kappa shape index (κ1) is 16.8. The number of aliphatic hydroxyl groups is 1. The molecule has 0 aliphatic heterocycles. The molecule has 1 aromatic rings. The summed E-state index contributed by atoms with van der Waals surface area (Å²) in [5.41, 5.74) is 0.906. The average Bonchev–Trinajstić information content (AvgIpc) is 2.38. The van der Waals surface area contributed by atoms with E-state index in [-0.39, 0.29) is 23.4 Å². The van der Waals surface area contributed by atoms with Crippen LogP contribution in [0.15, 0.2) is 29.5 Å². The van der Waals surface area contributed by atoms with Crippen molar-refractivity contribution in [1.29, 1.82) is 5.26 Å². The molecule has 0 radical (unpaired) electrons. The van der Waals surface area contributed by atoms with E-state index in [0.717, 1.165) is 0 Å². The fourth-order valence-corrected chi connectivity index (χ4v) is 1.88. The number of hydrogen-bond acceptors (Lipinski definition) is 4. The number of ketones is 1. The molecule has 0 bridgehead atoms. The van der Waals surface area contributed by atoms with Gasteiger partial charge in [0.1, 0.15) is 23.2 Å². The molecule has 0 saturated heterocycles. The van der Waals surface area contributed by atoms with Gasteiger partial charge in [-0.25, -0.2) is 0 Å². The van der Waals surface area contributed by atoms with E-state index in [1.165, 1.54) is 0 Å². The van der Waals surface area contributed by atoms with Crippen LogP contribution < -0.4 is 4.74 Å². The molecular formula is C17H21NO3. The van der Waals surface area contributed by atoms with Crippen LogP contribution in [0.1, 0.15) is 43.6 Å². The second-order valence-corrected chi connectivity index (χ2v) is 5.50. The normalized spacial score (nSPS) is 12.1. The molecule has 1 N–H and O–H groups in total. The van der Waals surface area contributed by atoms with Gasteiger partial charge in [-0.3, -0.25) is 4.79 Å². The number of benzene rings is 1. The van der Waals surface area contributed by atoms with Gasteiger partial charge in [0.25, 0.3) is 0 Å². The first-order chi connectivity index (χ1) is 9.77. The van der Waals surface area contributed by atoms with E-state index in [0.29, 0.717) is 16.9 Å². The zero-order valence-electron chi connectivity index (χ0n) is 13.1. The number of nitriles is 1. The second kappa shape index (κ2) is 6.94. The maximum atomic E-state index is 12.4. The fourth-order valence-electron chi connectivity index (χ4n) is 1.88. The Morgan fingerprint density at radius 2 is 1.90 bits per heavy atom. The van der Waals surface area contributed by atoms with Crippen molar-refractivity contribution in [3.8, 4) is 11.8 Å². The van der Waals surface area contributed by atoms with Crippen LogP contribution in [0.25, 0.3) is 0 Å². The van der Waals surface area contributed by atoms with Crippen molar-refractivity contribution in [2.24, 2.45) is 5.92 Å². The third kappa shape index (κ3) is 4.09. The van der Waals surface area contributed by atoms with Crippen molar-refractivity contribution in [2.75, 3.05) is 0 Å². The lowest BCUT2D eigenvalue weighted by Crippen LogP contribution is -2.11. The minimum Gasteiger partial charge on any atom is -0.511 e. The smallest absolute Gasteiger partial charge is 0.207 e. The molecule has 0 saturated carbocycles. The largest absolute Gasteiger partial charge is 0.511 e. The highest BCUT2D eigenvalue weighted by atomic mass is 16.5. The first-order valence-electron chi connectivity index (χ1n) is 6.93. The molecule has 0 aliphatic rings. The van der Waals surface area contributed by atoms with E-state index in [1.807, 2.05) is 13.8 Å². The molecule has 4 heteroatoms. The third-order valence-corrected chi connectivity index (χ3v) is 2.96. The van der Waals surface area contributed by atoms with E-state index >= 15 is 0 Å². The maximum absolute atomic E-state index is 12.4. The van der Waals surface area contributed by atoms with Crippen molar-refractivity contribution < 1.29 is 14.6 Å². The SMILES string of the molecule is Cc1cc(OC(C)C)ccc1C(=O)/C(C#N)=C(\O)C(C)C. The summed E-state index contributed by atoms with van der Waals surface area (Å²) in [6, 6.07) is 6.88. The number of ether oxygens (including phenoxy) is 1. The first-order valence-corrected chi connectivity index (χ1v) is 6.93. The number of Topliss-reactive ketones (excluding diaryl/α,β-unsaturated/α-hetero) is 1. The summed E-state index contributed by atoms with van der Waals surface area (Å²) in [7, 11) is 0. The summed E-state index contributed by atoms with van der Waals surface area (Å²) < 4.78 is 5.56. The summed E-state index contributed by atoms with van der Waals surface area (Å²) in [5.74, 6) is -0.233. The number of aliphatic hydroxyl groups excluding tert-OH is 1. The van der Waals surface area contributed by atoms with Crippen molar-refractivity contribution in [2.45, 2.75) is 40.7 Å². The summed E-state index contributed by atoms with van der Waals surface area (Å²) in [5, 5.41) is 19.0. The molecular weight excluding hydrogens is 266 g/mol. The molecule has 0 aliphatic carbocycles. The Balaban J connectivity index is 3.20. The van der Waals surface area contributed by atoms with Gasteiger partial charge in [0, 0.05) is 11.5 Å². The van der Waals surface area contributed by atoms with E-state index in [2.05, 4.69) is 0 Å². The highest BCUT2D eigenvalue weighted by Gasteiger charge is 2.20. The van der Waals surface area contributed by atoms with Crippen LogP contribution in [0.4, 0.5) is 0 Å². The Kier molecular flexibility index (Phi) is 5.54. The molecule has 0 amide bonds. The number of aryl methyl sites for hydroxylation is 1.